The maximum Gasteiger partial charge on any atom is 0.156 e. The number of hydroxylamine groups is 1. The van der Waals surface area contributed by atoms with Crippen LogP contribution in [0.4, 0.5) is 0 Å². The molecule has 0 aromatic heterocycles. The number of halogens is 4. The molecule has 150 valence electrons. The highest BCUT2D eigenvalue weighted by Crippen LogP contribution is 2.37. The number of rotatable bonds is 11. The van der Waals surface area contributed by atoms with Crippen LogP contribution in [0.25, 0.3) is 5.70 Å². The van der Waals surface area contributed by atoms with Crippen LogP contribution in [0.5, 0.6) is 11.5 Å². The van der Waals surface area contributed by atoms with Crippen molar-refractivity contribution in [3.63, 3.8) is 0 Å². The summed E-state index contributed by atoms with van der Waals surface area (Å²) in [5.41, 5.74) is 4.46. The lowest BCUT2D eigenvalue weighted by atomic mass is 10.2. The molecule has 0 aliphatic heterocycles. The molecule has 0 saturated heterocycles. The Morgan fingerprint density at radius 1 is 1.00 bits per heavy atom. The molecule has 0 atom stereocenters. The molecule has 0 fully saturated rings. The Bertz CT molecular complexity index is 785. The lowest BCUT2D eigenvalue weighted by Gasteiger charge is -2.13. The number of nitrogens with one attached hydrogen (secondary N) is 1. The van der Waals surface area contributed by atoms with Crippen LogP contribution in [0.3, 0.4) is 0 Å². The standard InChI is InChI=1S/C20H19Cl4NO3/c1-14(15-6-3-2-4-7-15)25-28-10-5-9-27-20-17(21)12-16(13-18(20)22)26-11-8-19(23)24/h2-4,6-8,12-13,25H,1,5,9-11H2. The van der Waals surface area contributed by atoms with Crippen LogP contribution in [-0.4, -0.2) is 19.8 Å². The third kappa shape index (κ3) is 7.82. The lowest BCUT2D eigenvalue weighted by Crippen LogP contribution is -2.14. The van der Waals surface area contributed by atoms with Crippen LogP contribution < -0.4 is 15.0 Å². The van der Waals surface area contributed by atoms with Crippen molar-refractivity contribution in [3.8, 4) is 11.5 Å². The van der Waals surface area contributed by atoms with Crippen LogP contribution in [0.2, 0.25) is 10.0 Å². The van der Waals surface area contributed by atoms with E-state index >= 15 is 0 Å². The normalized spacial score (nSPS) is 10.3. The maximum absolute atomic E-state index is 6.21. The molecule has 2 aromatic rings. The summed E-state index contributed by atoms with van der Waals surface area (Å²) in [7, 11) is 0. The molecule has 2 aromatic carbocycles. The SMILES string of the molecule is C=C(NOCCCOc1c(Cl)cc(OCC=C(Cl)Cl)cc1Cl)c1ccccc1. The number of ether oxygens (including phenoxy) is 2. The van der Waals surface area contributed by atoms with Crippen LogP contribution in [0.1, 0.15) is 12.0 Å². The first-order valence-corrected chi connectivity index (χ1v) is 9.86. The second kappa shape index (κ2) is 12.1. The zero-order valence-electron chi connectivity index (χ0n) is 14.9. The van der Waals surface area contributed by atoms with Gasteiger partial charge in [-0.05, 0) is 11.6 Å². The van der Waals surface area contributed by atoms with Crippen LogP contribution in [0, 0.1) is 0 Å². The second-order valence-electron chi connectivity index (χ2n) is 5.52. The quantitative estimate of drug-likeness (QED) is 0.299. The molecule has 0 heterocycles. The molecule has 8 heteroatoms. The van der Waals surface area contributed by atoms with Crippen LogP contribution in [-0.2, 0) is 4.84 Å². The smallest absolute Gasteiger partial charge is 0.156 e. The molecule has 28 heavy (non-hydrogen) atoms. The van der Waals surface area contributed by atoms with Gasteiger partial charge in [-0.3, -0.25) is 10.3 Å². The van der Waals surface area contributed by atoms with E-state index in [1.165, 1.54) is 6.08 Å². The molecular weight excluding hydrogens is 444 g/mol. The van der Waals surface area contributed by atoms with Crippen molar-refractivity contribution in [3.05, 3.63) is 75.2 Å². The minimum Gasteiger partial charge on any atom is -0.490 e. The summed E-state index contributed by atoms with van der Waals surface area (Å²) < 4.78 is 11.2. The molecular formula is C20H19Cl4NO3. The highest BCUT2D eigenvalue weighted by molar-refractivity contribution is 6.55. The molecule has 0 aliphatic rings. The zero-order chi connectivity index (χ0) is 20.4. The fourth-order valence-electron chi connectivity index (χ4n) is 2.10. The monoisotopic (exact) mass is 461 g/mol. The number of benzene rings is 2. The Morgan fingerprint density at radius 2 is 1.68 bits per heavy atom. The van der Waals surface area contributed by atoms with Gasteiger partial charge in [-0.15, -0.1) is 0 Å². The molecule has 0 amide bonds. The van der Waals surface area contributed by atoms with Gasteiger partial charge in [0.15, 0.2) is 5.75 Å². The predicted octanol–water partition coefficient (Wildman–Crippen LogP) is 6.65. The summed E-state index contributed by atoms with van der Waals surface area (Å²) in [6.45, 7) is 4.93. The van der Waals surface area contributed by atoms with Gasteiger partial charge in [0.2, 0.25) is 0 Å². The highest BCUT2D eigenvalue weighted by atomic mass is 35.5. The first-order valence-electron chi connectivity index (χ1n) is 8.35. The van der Waals surface area contributed by atoms with Gasteiger partial charge >= 0.3 is 0 Å². The number of hydrogen-bond acceptors (Lipinski definition) is 4. The van der Waals surface area contributed by atoms with E-state index < -0.39 is 0 Å². The van der Waals surface area contributed by atoms with Gasteiger partial charge in [0.05, 0.1) is 29.0 Å². The van der Waals surface area contributed by atoms with Crippen molar-refractivity contribution < 1.29 is 14.3 Å². The second-order valence-corrected chi connectivity index (χ2v) is 7.34. The fraction of sp³-hybridized carbons (Fsp3) is 0.200. The van der Waals surface area contributed by atoms with Gasteiger partial charge < -0.3 is 9.47 Å². The number of hydrogen-bond donors (Lipinski definition) is 1. The first kappa shape index (κ1) is 22.7. The zero-order valence-corrected chi connectivity index (χ0v) is 17.9. The van der Waals surface area contributed by atoms with Gasteiger partial charge in [-0.2, -0.15) is 0 Å². The Labute approximate surface area is 184 Å². The van der Waals surface area contributed by atoms with Crippen molar-refractivity contribution in [2.24, 2.45) is 0 Å². The Kier molecular flexibility index (Phi) is 9.82. The van der Waals surface area contributed by atoms with E-state index in [0.29, 0.717) is 46.9 Å². The summed E-state index contributed by atoms with van der Waals surface area (Å²) in [5, 5.41) is 0.694. The van der Waals surface area contributed by atoms with Crippen molar-refractivity contribution in [1.82, 2.24) is 5.48 Å². The molecule has 4 nitrogen and oxygen atoms in total. The van der Waals surface area contributed by atoms with Gasteiger partial charge in [-0.25, -0.2) is 0 Å². The summed E-state index contributed by atoms with van der Waals surface area (Å²) >= 11 is 23.5. The summed E-state index contributed by atoms with van der Waals surface area (Å²) in [6, 6.07) is 12.9. The van der Waals surface area contributed by atoms with E-state index in [-0.39, 0.29) is 11.1 Å². The highest BCUT2D eigenvalue weighted by Gasteiger charge is 2.10. The topological polar surface area (TPSA) is 39.7 Å². The Hall–Kier alpha value is -1.56. The fourth-order valence-corrected chi connectivity index (χ4v) is 2.80. The Balaban J connectivity index is 1.72. The maximum atomic E-state index is 6.21. The van der Waals surface area contributed by atoms with Gasteiger partial charge in [0.1, 0.15) is 16.8 Å². The van der Waals surface area contributed by atoms with E-state index in [0.717, 1.165) is 5.56 Å². The summed E-state index contributed by atoms with van der Waals surface area (Å²) in [4.78, 5) is 5.39. The predicted molar refractivity (Wildman–Crippen MR) is 116 cm³/mol. The molecule has 0 unspecified atom stereocenters. The van der Waals surface area contributed by atoms with Gasteiger partial charge in [-0.1, -0.05) is 83.3 Å². The molecule has 0 spiro atoms. The van der Waals surface area contributed by atoms with Crippen molar-refractivity contribution in [1.29, 1.82) is 0 Å². The van der Waals surface area contributed by atoms with Crippen molar-refractivity contribution in [2.45, 2.75) is 6.42 Å². The van der Waals surface area contributed by atoms with Crippen molar-refractivity contribution >= 4 is 52.1 Å². The average molecular weight is 463 g/mol. The minimum absolute atomic E-state index is 0.126. The van der Waals surface area contributed by atoms with E-state index in [2.05, 4.69) is 12.1 Å². The largest absolute Gasteiger partial charge is 0.490 e. The molecule has 2 rings (SSSR count). The minimum atomic E-state index is 0.126. The van der Waals surface area contributed by atoms with Gasteiger partial charge in [0.25, 0.3) is 0 Å². The van der Waals surface area contributed by atoms with Crippen LogP contribution in [0.15, 0.2) is 59.6 Å². The first-order chi connectivity index (χ1) is 13.5. The molecule has 0 aliphatic carbocycles. The van der Waals surface area contributed by atoms with Crippen molar-refractivity contribution in [2.75, 3.05) is 19.8 Å². The molecule has 0 saturated carbocycles. The summed E-state index contributed by atoms with van der Waals surface area (Å²) in [5.74, 6) is 0.878. The lowest BCUT2D eigenvalue weighted by molar-refractivity contribution is 0.0687. The van der Waals surface area contributed by atoms with Crippen LogP contribution >= 0.6 is 46.4 Å². The Morgan fingerprint density at radius 3 is 2.32 bits per heavy atom. The van der Waals surface area contributed by atoms with E-state index in [9.17, 15) is 0 Å². The molecule has 1 N–H and O–H groups in total. The third-order valence-corrected chi connectivity index (χ3v) is 4.28. The van der Waals surface area contributed by atoms with E-state index in [1.54, 1.807) is 12.1 Å². The van der Waals surface area contributed by atoms with E-state index in [4.69, 9.17) is 60.7 Å². The third-order valence-electron chi connectivity index (χ3n) is 3.41. The average Bonchev–Trinajstić information content (AvgIpc) is 2.66. The van der Waals surface area contributed by atoms with Gasteiger partial charge in [0, 0.05) is 18.6 Å². The molecule has 0 radical (unpaired) electrons. The molecule has 0 bridgehead atoms. The van der Waals surface area contributed by atoms with E-state index in [1.807, 2.05) is 30.3 Å². The summed E-state index contributed by atoms with van der Waals surface area (Å²) in [6.07, 6.45) is 2.13.